The van der Waals surface area contributed by atoms with E-state index in [2.05, 4.69) is 26.8 Å². The molecule has 0 bridgehead atoms. The second-order valence-electron chi connectivity index (χ2n) is 6.63. The summed E-state index contributed by atoms with van der Waals surface area (Å²) in [6.07, 6.45) is 9.27. The van der Waals surface area contributed by atoms with Crippen molar-refractivity contribution in [3.63, 3.8) is 0 Å². The highest BCUT2D eigenvalue weighted by Crippen LogP contribution is 2.27. The molecule has 0 saturated carbocycles. The van der Waals surface area contributed by atoms with E-state index < -0.39 is 5.97 Å². The summed E-state index contributed by atoms with van der Waals surface area (Å²) in [7, 11) is 0. The third kappa shape index (κ3) is 8.67. The number of carbonyl (C=O) groups is 1. The Kier molecular flexibility index (Phi) is 10.3. The summed E-state index contributed by atoms with van der Waals surface area (Å²) in [6, 6.07) is 0. The van der Waals surface area contributed by atoms with E-state index in [1.165, 1.54) is 16.9 Å². The van der Waals surface area contributed by atoms with Crippen LogP contribution in [-0.2, 0) is 16.1 Å². The summed E-state index contributed by atoms with van der Waals surface area (Å²) in [5.41, 5.74) is 1.36. The van der Waals surface area contributed by atoms with Crippen molar-refractivity contribution in [3.8, 4) is 5.88 Å². The summed E-state index contributed by atoms with van der Waals surface area (Å²) in [6.45, 7) is 7.48. The van der Waals surface area contributed by atoms with Gasteiger partial charge in [-0.15, -0.1) is 11.3 Å². The highest BCUT2D eigenvalue weighted by molar-refractivity contribution is 7.73. The van der Waals surface area contributed by atoms with Gasteiger partial charge in [0.15, 0.2) is 3.95 Å². The van der Waals surface area contributed by atoms with Crippen LogP contribution in [0.4, 0.5) is 0 Å². The summed E-state index contributed by atoms with van der Waals surface area (Å²) in [4.78, 5) is 11.2. The van der Waals surface area contributed by atoms with Crippen LogP contribution < -0.4 is 0 Å². The number of rotatable bonds is 12. The minimum atomic E-state index is -0.852. The highest BCUT2D eigenvalue weighted by Gasteiger charge is 2.10. The third-order valence-corrected chi connectivity index (χ3v) is 5.33. The molecule has 1 aromatic rings. The zero-order chi connectivity index (χ0) is 19.5. The number of allylic oxidation sites excluding steroid dienone is 2. The minimum Gasteiger partial charge on any atom is -0.501 e. The van der Waals surface area contributed by atoms with Gasteiger partial charge in [0.05, 0.1) is 17.7 Å². The van der Waals surface area contributed by atoms with Gasteiger partial charge in [0, 0.05) is 13.0 Å². The number of hydrogen-bond acceptors (Lipinski definition) is 5. The fourth-order valence-corrected chi connectivity index (χ4v) is 3.60. The van der Waals surface area contributed by atoms with Crippen LogP contribution in [0.25, 0.3) is 6.08 Å². The zero-order valence-electron chi connectivity index (χ0n) is 15.7. The number of thiazole rings is 1. The maximum Gasteiger partial charge on any atom is 0.303 e. The lowest BCUT2D eigenvalue weighted by atomic mass is 10.0. The van der Waals surface area contributed by atoms with E-state index in [0.29, 0.717) is 34.3 Å². The average molecular weight is 400 g/mol. The molecule has 0 radical (unpaired) electrons. The lowest BCUT2D eigenvalue weighted by Gasteiger charge is -2.09. The number of hydrogen-bond donors (Lipinski definition) is 2. The van der Waals surface area contributed by atoms with Crippen LogP contribution >= 0.6 is 23.6 Å². The van der Waals surface area contributed by atoms with Crippen molar-refractivity contribution >= 4 is 35.6 Å². The van der Waals surface area contributed by atoms with Gasteiger partial charge < -0.3 is 14.9 Å². The fraction of sp³-hybridized carbons (Fsp3) is 0.579. The van der Waals surface area contributed by atoms with Crippen LogP contribution in [-0.4, -0.2) is 27.4 Å². The first-order valence-electron chi connectivity index (χ1n) is 8.87. The second-order valence-corrected chi connectivity index (χ2v) is 8.31. The summed E-state index contributed by atoms with van der Waals surface area (Å²) in [5, 5.41) is 18.9. The first-order chi connectivity index (χ1) is 12.3. The fourth-order valence-electron chi connectivity index (χ4n) is 2.36. The number of ether oxygens (including phenoxy) is 1. The molecule has 0 amide bonds. The van der Waals surface area contributed by atoms with Crippen LogP contribution in [0.5, 0.6) is 5.88 Å². The molecule has 1 heterocycles. The summed E-state index contributed by atoms with van der Waals surface area (Å²) in [5.74, 6) is -0.181. The molecule has 1 aromatic heterocycles. The van der Waals surface area contributed by atoms with E-state index >= 15 is 0 Å². The van der Waals surface area contributed by atoms with Gasteiger partial charge in [-0.2, -0.15) is 0 Å². The van der Waals surface area contributed by atoms with Gasteiger partial charge >= 0.3 is 5.97 Å². The Balaban J connectivity index is 2.40. The number of aromatic hydroxyl groups is 1. The van der Waals surface area contributed by atoms with Crippen molar-refractivity contribution in [2.24, 2.45) is 5.92 Å². The molecule has 0 aliphatic heterocycles. The largest absolute Gasteiger partial charge is 0.501 e. The van der Waals surface area contributed by atoms with E-state index in [1.807, 2.05) is 0 Å². The molecule has 0 aromatic carbocycles. The molecule has 7 heteroatoms. The van der Waals surface area contributed by atoms with E-state index in [-0.39, 0.29) is 12.3 Å². The Morgan fingerprint density at radius 1 is 1.38 bits per heavy atom. The molecule has 5 nitrogen and oxygen atoms in total. The monoisotopic (exact) mass is 399 g/mol. The first kappa shape index (κ1) is 22.4. The molecule has 1 rings (SSSR count). The SMILES string of the molecule is CC(C)=CCCC(C)CCOC=Cc1sc(=S)n(CCCC(=O)O)c1O. The van der Waals surface area contributed by atoms with Crippen LogP contribution in [0.1, 0.15) is 57.8 Å². The molecule has 0 spiro atoms. The molecule has 26 heavy (non-hydrogen) atoms. The topological polar surface area (TPSA) is 71.7 Å². The molecular weight excluding hydrogens is 370 g/mol. The quantitative estimate of drug-likeness (QED) is 0.207. The minimum absolute atomic E-state index is 0.0527. The van der Waals surface area contributed by atoms with Crippen molar-refractivity contribution in [2.75, 3.05) is 6.61 Å². The van der Waals surface area contributed by atoms with Gasteiger partial charge in [0.2, 0.25) is 5.88 Å². The van der Waals surface area contributed by atoms with E-state index in [4.69, 9.17) is 22.1 Å². The predicted octanol–water partition coefficient (Wildman–Crippen LogP) is 5.61. The smallest absolute Gasteiger partial charge is 0.303 e. The molecule has 0 saturated heterocycles. The van der Waals surface area contributed by atoms with Crippen LogP contribution in [0, 0.1) is 9.87 Å². The summed E-state index contributed by atoms with van der Waals surface area (Å²) >= 11 is 6.51. The van der Waals surface area contributed by atoms with E-state index in [0.717, 1.165) is 19.3 Å². The number of carboxylic acids is 1. The van der Waals surface area contributed by atoms with Crippen molar-refractivity contribution in [1.29, 1.82) is 0 Å². The second kappa shape index (κ2) is 11.9. The lowest BCUT2D eigenvalue weighted by Crippen LogP contribution is -2.01. The van der Waals surface area contributed by atoms with E-state index in [9.17, 15) is 9.90 Å². The lowest BCUT2D eigenvalue weighted by molar-refractivity contribution is -0.137. The Hall–Kier alpha value is -1.60. The molecule has 2 N–H and O–H groups in total. The zero-order valence-corrected chi connectivity index (χ0v) is 17.4. The molecule has 0 aliphatic rings. The Morgan fingerprint density at radius 2 is 2.12 bits per heavy atom. The van der Waals surface area contributed by atoms with Crippen molar-refractivity contribution in [1.82, 2.24) is 4.57 Å². The van der Waals surface area contributed by atoms with Crippen LogP contribution in [0.15, 0.2) is 17.9 Å². The number of aromatic nitrogens is 1. The van der Waals surface area contributed by atoms with Crippen LogP contribution in [0.3, 0.4) is 0 Å². The van der Waals surface area contributed by atoms with Gasteiger partial charge in [-0.3, -0.25) is 9.36 Å². The maximum atomic E-state index is 10.6. The normalized spacial score (nSPS) is 12.3. The van der Waals surface area contributed by atoms with Gasteiger partial charge in [-0.1, -0.05) is 18.6 Å². The van der Waals surface area contributed by atoms with Gasteiger partial charge in [0.25, 0.3) is 0 Å². The third-order valence-electron chi connectivity index (χ3n) is 3.92. The molecule has 1 unspecified atom stereocenters. The number of aliphatic carboxylic acids is 1. The Bertz CT molecular complexity index is 684. The standard InChI is InChI=1S/C19H29NO4S2/c1-14(2)6-4-7-15(3)9-12-24-13-10-16-18(23)20(19(25)26-16)11-5-8-17(21)22/h6,10,13,15,23H,4-5,7-9,11-12H2,1-3H3,(H,21,22). The van der Waals surface area contributed by atoms with Crippen molar-refractivity contribution < 1.29 is 19.7 Å². The van der Waals surface area contributed by atoms with Gasteiger partial charge in [-0.05, 0) is 63.7 Å². The predicted molar refractivity (Wildman–Crippen MR) is 109 cm³/mol. The number of carboxylic acid groups (broad SMARTS) is 1. The van der Waals surface area contributed by atoms with E-state index in [1.54, 1.807) is 16.9 Å². The van der Waals surface area contributed by atoms with Crippen molar-refractivity contribution in [3.05, 3.63) is 26.7 Å². The van der Waals surface area contributed by atoms with Gasteiger partial charge in [0.1, 0.15) is 0 Å². The van der Waals surface area contributed by atoms with Crippen LogP contribution in [0.2, 0.25) is 0 Å². The maximum absolute atomic E-state index is 10.6. The molecule has 1 atom stereocenters. The number of nitrogens with zero attached hydrogens (tertiary/aromatic N) is 1. The van der Waals surface area contributed by atoms with Gasteiger partial charge in [-0.25, -0.2) is 0 Å². The average Bonchev–Trinajstić information content (AvgIpc) is 2.81. The Labute approximate surface area is 164 Å². The van der Waals surface area contributed by atoms with Crippen molar-refractivity contribution in [2.45, 2.75) is 59.4 Å². The molecule has 0 aliphatic carbocycles. The molecule has 0 fully saturated rings. The first-order valence-corrected chi connectivity index (χ1v) is 10.1. The highest BCUT2D eigenvalue weighted by atomic mass is 32.1. The Morgan fingerprint density at radius 3 is 2.77 bits per heavy atom. The molecular formula is C19H29NO4S2. The summed E-state index contributed by atoms with van der Waals surface area (Å²) < 4.78 is 7.62. The molecule has 146 valence electrons.